The van der Waals surface area contributed by atoms with Crippen LogP contribution in [0.4, 0.5) is 18.9 Å². The van der Waals surface area contributed by atoms with Gasteiger partial charge in [-0.25, -0.2) is 18.1 Å². The molecule has 30 heavy (non-hydrogen) atoms. The van der Waals surface area contributed by atoms with E-state index in [9.17, 15) is 21.6 Å². The molecule has 0 radical (unpaired) electrons. The predicted octanol–water partition coefficient (Wildman–Crippen LogP) is 3.46. The maximum atomic E-state index is 12.9. The first kappa shape index (κ1) is 19.9. The molecule has 0 aliphatic rings. The maximum absolute atomic E-state index is 12.9. The Balaban J connectivity index is 1.68. The maximum Gasteiger partial charge on any atom is 0.416 e. The number of alkyl halides is 3. The standard InChI is InChI=1S/C18H15F3N6O2S/c1-2-26-17-12(9-23-26)4-3-5-15(17)25-30(28,29)14-10-24-27(11-14)16-8-13(6-7-22-16)18(19,20)21/h3-11,25H,2H2,1H3. The average molecular weight is 436 g/mol. The molecule has 0 bridgehead atoms. The minimum absolute atomic E-state index is 0.155. The highest BCUT2D eigenvalue weighted by Gasteiger charge is 2.31. The third-order valence-electron chi connectivity index (χ3n) is 4.38. The van der Waals surface area contributed by atoms with Gasteiger partial charge in [-0.05, 0) is 25.1 Å². The number of anilines is 1. The number of nitrogens with zero attached hydrogens (tertiary/aromatic N) is 5. The van der Waals surface area contributed by atoms with E-state index in [2.05, 4.69) is 19.9 Å². The summed E-state index contributed by atoms with van der Waals surface area (Å²) in [6, 6.07) is 6.72. The second-order valence-corrected chi connectivity index (χ2v) is 8.01. The molecule has 8 nitrogen and oxygen atoms in total. The normalized spacial score (nSPS) is 12.4. The summed E-state index contributed by atoms with van der Waals surface area (Å²) < 4.78 is 69.5. The second kappa shape index (κ2) is 7.13. The van der Waals surface area contributed by atoms with Gasteiger partial charge in [0.15, 0.2) is 5.82 Å². The molecular formula is C18H15F3N6O2S. The summed E-state index contributed by atoms with van der Waals surface area (Å²) in [5.41, 5.74) is 0.0392. The molecule has 0 unspecified atom stereocenters. The van der Waals surface area contributed by atoms with Gasteiger partial charge >= 0.3 is 6.18 Å². The number of pyridine rings is 1. The van der Waals surface area contributed by atoms with Gasteiger partial charge < -0.3 is 0 Å². The number of benzene rings is 1. The Labute approximate surface area is 169 Å². The van der Waals surface area contributed by atoms with Crippen LogP contribution >= 0.6 is 0 Å². The van der Waals surface area contributed by atoms with Crippen LogP contribution in [0.1, 0.15) is 12.5 Å². The van der Waals surface area contributed by atoms with Crippen LogP contribution in [0.2, 0.25) is 0 Å². The molecule has 0 saturated carbocycles. The molecule has 156 valence electrons. The van der Waals surface area contributed by atoms with Crippen LogP contribution in [0.25, 0.3) is 16.7 Å². The van der Waals surface area contributed by atoms with Gasteiger partial charge in [-0.15, -0.1) is 0 Å². The van der Waals surface area contributed by atoms with Crippen molar-refractivity contribution in [3.05, 3.63) is 60.7 Å². The Bertz CT molecular complexity index is 1330. The van der Waals surface area contributed by atoms with Crippen molar-refractivity contribution in [1.82, 2.24) is 24.5 Å². The van der Waals surface area contributed by atoms with Crippen LogP contribution in [-0.4, -0.2) is 33.0 Å². The molecule has 0 aliphatic heterocycles. The summed E-state index contributed by atoms with van der Waals surface area (Å²) in [6.45, 7) is 2.42. The summed E-state index contributed by atoms with van der Waals surface area (Å²) in [7, 11) is -4.06. The number of hydrogen-bond acceptors (Lipinski definition) is 5. The molecule has 0 aliphatic carbocycles. The van der Waals surface area contributed by atoms with Crippen molar-refractivity contribution >= 4 is 26.6 Å². The van der Waals surface area contributed by atoms with Crippen LogP contribution in [0.3, 0.4) is 0 Å². The van der Waals surface area contributed by atoms with E-state index in [1.54, 1.807) is 23.0 Å². The SMILES string of the molecule is CCn1ncc2cccc(NS(=O)(=O)c3cnn(-c4cc(C(F)(F)F)ccn4)c3)c21. The second-order valence-electron chi connectivity index (χ2n) is 6.33. The number of nitrogens with one attached hydrogen (secondary N) is 1. The van der Waals surface area contributed by atoms with Crippen LogP contribution < -0.4 is 4.72 Å². The third-order valence-corrected chi connectivity index (χ3v) is 5.70. The molecule has 0 fully saturated rings. The quantitative estimate of drug-likeness (QED) is 0.517. The summed E-state index contributed by atoms with van der Waals surface area (Å²) in [5.74, 6) is -0.155. The Hall–Kier alpha value is -3.41. The summed E-state index contributed by atoms with van der Waals surface area (Å²) >= 11 is 0. The van der Waals surface area contributed by atoms with Crippen LogP contribution in [0, 0.1) is 0 Å². The highest BCUT2D eigenvalue weighted by molar-refractivity contribution is 7.92. The minimum Gasteiger partial charge on any atom is -0.277 e. The fourth-order valence-electron chi connectivity index (χ4n) is 2.96. The lowest BCUT2D eigenvalue weighted by molar-refractivity contribution is -0.137. The minimum atomic E-state index is -4.55. The van der Waals surface area contributed by atoms with Gasteiger partial charge in [0.1, 0.15) is 4.90 Å². The average Bonchev–Trinajstić information content (AvgIpc) is 3.35. The van der Waals surface area contributed by atoms with Gasteiger partial charge in [0.2, 0.25) is 0 Å². The van der Waals surface area contributed by atoms with Crippen molar-refractivity contribution in [3.63, 3.8) is 0 Å². The van der Waals surface area contributed by atoms with E-state index in [0.29, 0.717) is 17.7 Å². The van der Waals surface area contributed by atoms with Crippen LogP contribution in [0.5, 0.6) is 0 Å². The topological polar surface area (TPSA) is 94.7 Å². The first-order chi connectivity index (χ1) is 14.2. The summed E-state index contributed by atoms with van der Waals surface area (Å²) in [5, 5.41) is 8.83. The number of halogens is 3. The Morgan fingerprint density at radius 3 is 2.67 bits per heavy atom. The lowest BCUT2D eigenvalue weighted by Crippen LogP contribution is -2.13. The van der Waals surface area contributed by atoms with E-state index in [1.165, 1.54) is 0 Å². The van der Waals surface area contributed by atoms with Gasteiger partial charge in [-0.1, -0.05) is 12.1 Å². The molecule has 1 N–H and O–H groups in total. The largest absolute Gasteiger partial charge is 0.416 e. The van der Waals surface area contributed by atoms with E-state index in [4.69, 9.17) is 0 Å². The third kappa shape index (κ3) is 3.61. The number of sulfonamides is 1. The number of aryl methyl sites for hydroxylation is 1. The fourth-order valence-corrected chi connectivity index (χ4v) is 3.96. The van der Waals surface area contributed by atoms with Gasteiger partial charge in [0.25, 0.3) is 10.0 Å². The van der Waals surface area contributed by atoms with Gasteiger partial charge in [-0.2, -0.15) is 23.4 Å². The van der Waals surface area contributed by atoms with Crippen molar-refractivity contribution in [2.45, 2.75) is 24.5 Å². The van der Waals surface area contributed by atoms with E-state index in [1.807, 2.05) is 13.0 Å². The number of fused-ring (bicyclic) bond motifs is 1. The van der Waals surface area contributed by atoms with E-state index < -0.39 is 21.8 Å². The molecule has 0 amide bonds. The highest BCUT2D eigenvalue weighted by atomic mass is 32.2. The molecule has 1 aromatic carbocycles. The van der Waals surface area contributed by atoms with Gasteiger partial charge in [0, 0.05) is 18.1 Å². The molecule has 4 aromatic rings. The molecule has 0 atom stereocenters. The van der Waals surface area contributed by atoms with Gasteiger partial charge in [0.05, 0.1) is 35.4 Å². The molecule has 12 heteroatoms. The predicted molar refractivity (Wildman–Crippen MR) is 103 cm³/mol. The van der Waals surface area contributed by atoms with Crippen molar-refractivity contribution in [2.24, 2.45) is 0 Å². The molecule has 0 saturated heterocycles. The number of rotatable bonds is 5. The van der Waals surface area contributed by atoms with E-state index in [0.717, 1.165) is 40.8 Å². The Morgan fingerprint density at radius 2 is 1.93 bits per heavy atom. The highest BCUT2D eigenvalue weighted by Crippen LogP contribution is 2.30. The molecule has 0 spiro atoms. The summed E-state index contributed by atoms with van der Waals surface area (Å²) in [6.07, 6.45) is 0.207. The zero-order valence-electron chi connectivity index (χ0n) is 15.5. The fraction of sp³-hybridized carbons (Fsp3) is 0.167. The van der Waals surface area contributed by atoms with Crippen LogP contribution in [-0.2, 0) is 22.7 Å². The number of para-hydroxylation sites is 1. The van der Waals surface area contributed by atoms with Crippen molar-refractivity contribution in [3.8, 4) is 5.82 Å². The monoisotopic (exact) mass is 436 g/mol. The Kier molecular flexibility index (Phi) is 4.73. The van der Waals surface area contributed by atoms with Crippen molar-refractivity contribution in [2.75, 3.05) is 4.72 Å². The lowest BCUT2D eigenvalue weighted by atomic mass is 10.2. The van der Waals surface area contributed by atoms with Gasteiger partial charge in [-0.3, -0.25) is 9.40 Å². The zero-order valence-corrected chi connectivity index (χ0v) is 16.3. The number of hydrogen-bond donors (Lipinski definition) is 1. The molecule has 4 rings (SSSR count). The molecular weight excluding hydrogens is 421 g/mol. The molecule has 3 aromatic heterocycles. The van der Waals surface area contributed by atoms with E-state index >= 15 is 0 Å². The first-order valence-electron chi connectivity index (χ1n) is 8.74. The summed E-state index contributed by atoms with van der Waals surface area (Å²) in [4.78, 5) is 3.61. The smallest absolute Gasteiger partial charge is 0.277 e. The zero-order chi connectivity index (χ0) is 21.5. The van der Waals surface area contributed by atoms with E-state index in [-0.39, 0.29) is 10.7 Å². The first-order valence-corrected chi connectivity index (χ1v) is 10.2. The van der Waals surface area contributed by atoms with Crippen LogP contribution in [0.15, 0.2) is 60.0 Å². The van der Waals surface area contributed by atoms with Crippen molar-refractivity contribution < 1.29 is 21.6 Å². The van der Waals surface area contributed by atoms with Crippen molar-refractivity contribution in [1.29, 1.82) is 0 Å². The Morgan fingerprint density at radius 1 is 1.13 bits per heavy atom. The molecule has 3 heterocycles. The number of aromatic nitrogens is 5. The lowest BCUT2D eigenvalue weighted by Gasteiger charge is -2.09.